The van der Waals surface area contributed by atoms with Crippen molar-refractivity contribution >= 4 is 13.3 Å². The van der Waals surface area contributed by atoms with E-state index in [1.165, 1.54) is 22.1 Å². The predicted octanol–water partition coefficient (Wildman–Crippen LogP) is 0.380. The monoisotopic (exact) mass is 204 g/mol. The van der Waals surface area contributed by atoms with Crippen molar-refractivity contribution in [3.05, 3.63) is 17.5 Å². The van der Waals surface area contributed by atoms with Crippen LogP contribution in [0.4, 0.5) is 13.2 Å². The van der Waals surface area contributed by atoms with Crippen LogP contribution in [0.2, 0.25) is 0 Å². The van der Waals surface area contributed by atoms with Crippen molar-refractivity contribution in [3.63, 3.8) is 0 Å². The molecule has 0 bridgehead atoms. The Morgan fingerprint density at radius 1 is 0.857 bits per heavy atom. The number of methoxy groups -OCH3 is 2. The number of hydrogen-bond donors (Lipinski definition) is 0. The highest BCUT2D eigenvalue weighted by molar-refractivity contribution is 6.36. The molecule has 1 aromatic carbocycles. The summed E-state index contributed by atoms with van der Waals surface area (Å²) in [6.45, 7) is 0. The number of rotatable bonds is 2. The molecule has 0 aromatic heterocycles. The van der Waals surface area contributed by atoms with Crippen LogP contribution in [0.3, 0.4) is 0 Å². The predicted molar refractivity (Wildman–Crippen MR) is 47.6 cm³/mol. The Morgan fingerprint density at radius 3 is 1.50 bits per heavy atom. The van der Waals surface area contributed by atoms with E-state index >= 15 is 0 Å². The van der Waals surface area contributed by atoms with E-state index in [1.54, 1.807) is 0 Å². The van der Waals surface area contributed by atoms with Crippen molar-refractivity contribution in [2.45, 2.75) is 0 Å². The van der Waals surface area contributed by atoms with Crippen LogP contribution in [-0.4, -0.2) is 22.1 Å². The van der Waals surface area contributed by atoms with Crippen LogP contribution in [0.15, 0.2) is 0 Å². The van der Waals surface area contributed by atoms with E-state index in [0.29, 0.717) is 0 Å². The Kier molecular flexibility index (Phi) is 2.93. The van der Waals surface area contributed by atoms with Crippen molar-refractivity contribution in [2.24, 2.45) is 0 Å². The van der Waals surface area contributed by atoms with Gasteiger partial charge < -0.3 is 9.47 Å². The fourth-order valence-corrected chi connectivity index (χ4v) is 1.21. The van der Waals surface area contributed by atoms with E-state index in [4.69, 9.17) is 0 Å². The summed E-state index contributed by atoms with van der Waals surface area (Å²) < 4.78 is 48.2. The molecule has 14 heavy (non-hydrogen) atoms. The number of ether oxygens (including phenoxy) is 2. The summed E-state index contributed by atoms with van der Waals surface area (Å²) in [5.74, 6) is -4.97. The van der Waals surface area contributed by atoms with Crippen molar-refractivity contribution in [1.82, 2.24) is 0 Å². The summed E-state index contributed by atoms with van der Waals surface area (Å²) in [5, 5.41) is 0. The lowest BCUT2D eigenvalue weighted by Gasteiger charge is -2.12. The molecular formula is C8H8BF3O2. The fraction of sp³-hybridized carbons (Fsp3) is 0.250. The number of halogens is 3. The molecule has 0 unspecified atom stereocenters. The van der Waals surface area contributed by atoms with E-state index < -0.39 is 17.5 Å². The van der Waals surface area contributed by atoms with Crippen LogP contribution in [0.1, 0.15) is 0 Å². The average Bonchev–Trinajstić information content (AvgIpc) is 2.16. The minimum Gasteiger partial charge on any atom is -0.494 e. The maximum Gasteiger partial charge on any atom is 0.203 e. The van der Waals surface area contributed by atoms with Gasteiger partial charge in [-0.25, -0.2) is 4.39 Å². The highest BCUT2D eigenvalue weighted by Gasteiger charge is 2.23. The maximum absolute atomic E-state index is 13.0. The Hall–Kier alpha value is -1.33. The molecule has 0 atom stereocenters. The molecule has 0 N–H and O–H groups in total. The second-order valence-electron chi connectivity index (χ2n) is 2.63. The van der Waals surface area contributed by atoms with Gasteiger partial charge in [0.2, 0.25) is 17.5 Å². The number of hydrogen-bond acceptors (Lipinski definition) is 2. The molecule has 0 amide bonds. The molecule has 0 saturated heterocycles. The summed E-state index contributed by atoms with van der Waals surface area (Å²) >= 11 is 0. The molecule has 1 rings (SSSR count). The minimum atomic E-state index is -1.59. The molecular weight excluding hydrogens is 196 g/mol. The second-order valence-corrected chi connectivity index (χ2v) is 2.63. The Labute approximate surface area is 80.0 Å². The standard InChI is InChI=1S/C8H8BF3O2/c1-13-7-3(9)8(14-2)6(12)4(10)5(7)11/h9H2,1-2H3. The molecule has 0 aliphatic heterocycles. The first-order valence-electron chi connectivity index (χ1n) is 3.79. The van der Waals surface area contributed by atoms with Gasteiger partial charge in [0.05, 0.1) is 14.2 Å². The molecule has 0 aliphatic carbocycles. The molecule has 0 saturated carbocycles. The zero-order valence-corrected chi connectivity index (χ0v) is 7.95. The molecule has 2 nitrogen and oxygen atoms in total. The molecule has 0 radical (unpaired) electrons. The first kappa shape index (κ1) is 10.8. The Morgan fingerprint density at radius 2 is 1.21 bits per heavy atom. The van der Waals surface area contributed by atoms with Gasteiger partial charge in [-0.2, -0.15) is 8.78 Å². The Bertz CT molecular complexity index is 337. The molecule has 0 fully saturated rings. The van der Waals surface area contributed by atoms with Gasteiger partial charge in [0.15, 0.2) is 11.5 Å². The third-order valence-corrected chi connectivity index (χ3v) is 1.87. The minimum absolute atomic E-state index is 0.0893. The third-order valence-electron chi connectivity index (χ3n) is 1.87. The topological polar surface area (TPSA) is 18.5 Å². The molecule has 0 spiro atoms. The van der Waals surface area contributed by atoms with Crippen LogP contribution < -0.4 is 14.9 Å². The van der Waals surface area contributed by atoms with Crippen LogP contribution in [0.25, 0.3) is 0 Å². The molecule has 6 heteroatoms. The van der Waals surface area contributed by atoms with Crippen molar-refractivity contribution in [2.75, 3.05) is 14.2 Å². The van der Waals surface area contributed by atoms with Crippen molar-refractivity contribution in [1.29, 1.82) is 0 Å². The van der Waals surface area contributed by atoms with Gasteiger partial charge in [-0.3, -0.25) is 0 Å². The normalized spacial score (nSPS) is 10.1. The molecule has 76 valence electrons. The third kappa shape index (κ3) is 1.40. The van der Waals surface area contributed by atoms with E-state index in [9.17, 15) is 13.2 Å². The van der Waals surface area contributed by atoms with Crippen molar-refractivity contribution < 1.29 is 22.6 Å². The molecule has 0 aliphatic rings. The van der Waals surface area contributed by atoms with Gasteiger partial charge in [-0.15, -0.1) is 0 Å². The van der Waals surface area contributed by atoms with E-state index in [0.717, 1.165) is 0 Å². The highest BCUT2D eigenvalue weighted by Crippen LogP contribution is 2.26. The number of benzene rings is 1. The average molecular weight is 204 g/mol. The van der Waals surface area contributed by atoms with Crippen LogP contribution in [0, 0.1) is 17.5 Å². The van der Waals surface area contributed by atoms with Crippen LogP contribution in [-0.2, 0) is 0 Å². The van der Waals surface area contributed by atoms with E-state index in [1.807, 2.05) is 0 Å². The largest absolute Gasteiger partial charge is 0.494 e. The van der Waals surface area contributed by atoms with E-state index in [2.05, 4.69) is 9.47 Å². The van der Waals surface area contributed by atoms with Gasteiger partial charge in [-0.05, 0) is 5.46 Å². The van der Waals surface area contributed by atoms with Gasteiger partial charge in [0.25, 0.3) is 0 Å². The fourth-order valence-electron chi connectivity index (χ4n) is 1.21. The van der Waals surface area contributed by atoms with Crippen LogP contribution in [0.5, 0.6) is 11.5 Å². The molecule has 0 heterocycles. The van der Waals surface area contributed by atoms with Crippen molar-refractivity contribution in [3.8, 4) is 11.5 Å². The second kappa shape index (κ2) is 3.81. The summed E-state index contributed by atoms with van der Waals surface area (Å²) in [6, 6.07) is 0. The van der Waals surface area contributed by atoms with Gasteiger partial charge in [0.1, 0.15) is 7.85 Å². The summed E-state index contributed by atoms with van der Waals surface area (Å²) in [6.07, 6.45) is 0. The van der Waals surface area contributed by atoms with Gasteiger partial charge >= 0.3 is 0 Å². The van der Waals surface area contributed by atoms with E-state index in [-0.39, 0.29) is 17.0 Å². The quantitative estimate of drug-likeness (QED) is 0.512. The summed E-state index contributed by atoms with van der Waals surface area (Å²) in [4.78, 5) is 0. The lowest BCUT2D eigenvalue weighted by Crippen LogP contribution is -2.17. The zero-order chi connectivity index (χ0) is 10.9. The molecule has 1 aromatic rings. The Balaban J connectivity index is 3.56. The maximum atomic E-state index is 13.0. The van der Waals surface area contributed by atoms with Gasteiger partial charge in [0, 0.05) is 0 Å². The zero-order valence-electron chi connectivity index (χ0n) is 7.95. The summed E-state index contributed by atoms with van der Waals surface area (Å²) in [7, 11) is 3.72. The first-order chi connectivity index (χ1) is 6.54. The van der Waals surface area contributed by atoms with Crippen LogP contribution >= 0.6 is 0 Å². The van der Waals surface area contributed by atoms with Gasteiger partial charge in [-0.1, -0.05) is 0 Å². The summed E-state index contributed by atoms with van der Waals surface area (Å²) in [5.41, 5.74) is 0.0893. The smallest absolute Gasteiger partial charge is 0.203 e. The lowest BCUT2D eigenvalue weighted by molar-refractivity contribution is 0.336. The first-order valence-corrected chi connectivity index (χ1v) is 3.79. The highest BCUT2D eigenvalue weighted by atomic mass is 19.2. The lowest BCUT2D eigenvalue weighted by atomic mass is 9.93. The SMILES string of the molecule is Bc1c(OC)c(F)c(F)c(F)c1OC.